The number of carbonyl (C=O) groups is 1. The van der Waals surface area contributed by atoms with Gasteiger partial charge in [-0.25, -0.2) is 10.2 Å². The number of fused-ring (bicyclic) bond motifs is 1. The number of carbonyl (C=O) groups excluding carboxylic acids is 1. The fraction of sp³-hybridized carbons (Fsp3) is 0.778. The van der Waals surface area contributed by atoms with E-state index in [-0.39, 0.29) is 6.03 Å². The number of rotatable bonds is 1. The van der Waals surface area contributed by atoms with Crippen molar-refractivity contribution in [2.45, 2.75) is 25.7 Å². The van der Waals surface area contributed by atoms with Crippen molar-refractivity contribution in [2.24, 2.45) is 16.9 Å². The molecular weight excluding hydrogens is 166 g/mol. The van der Waals surface area contributed by atoms with Gasteiger partial charge in [0.1, 0.15) is 0 Å². The summed E-state index contributed by atoms with van der Waals surface area (Å²) in [5.41, 5.74) is 3.69. The second-order valence-electron chi connectivity index (χ2n) is 3.79. The van der Waals surface area contributed by atoms with Crippen LogP contribution in [0.15, 0.2) is 5.10 Å². The molecule has 2 aliphatic carbocycles. The molecule has 72 valence electrons. The molecule has 4 nitrogen and oxygen atoms in total. The van der Waals surface area contributed by atoms with E-state index in [1.54, 1.807) is 7.05 Å². The van der Waals surface area contributed by atoms with Crippen LogP contribution in [-0.4, -0.2) is 18.8 Å². The Morgan fingerprint density at radius 2 is 2.46 bits per heavy atom. The predicted octanol–water partition coefficient (Wildman–Crippen LogP) is 1.09. The van der Waals surface area contributed by atoms with E-state index < -0.39 is 0 Å². The molecule has 0 aliphatic heterocycles. The van der Waals surface area contributed by atoms with Crippen LogP contribution in [0.2, 0.25) is 0 Å². The molecule has 0 aromatic heterocycles. The SMILES string of the molecule is CNC(=O)N/N=C1/CCC[C@H]2C[C@@H]12. The van der Waals surface area contributed by atoms with Crippen LogP contribution in [0.1, 0.15) is 25.7 Å². The number of nitrogens with zero attached hydrogens (tertiary/aromatic N) is 1. The van der Waals surface area contributed by atoms with Crippen LogP contribution in [0, 0.1) is 11.8 Å². The van der Waals surface area contributed by atoms with Crippen molar-refractivity contribution in [2.75, 3.05) is 7.05 Å². The van der Waals surface area contributed by atoms with Gasteiger partial charge < -0.3 is 5.32 Å². The molecule has 2 saturated carbocycles. The Hall–Kier alpha value is -1.06. The van der Waals surface area contributed by atoms with Gasteiger partial charge in [-0.3, -0.25) is 0 Å². The third-order valence-corrected chi connectivity index (χ3v) is 2.89. The molecule has 0 aromatic carbocycles. The maximum absolute atomic E-state index is 10.8. The second kappa shape index (κ2) is 3.36. The zero-order chi connectivity index (χ0) is 9.26. The molecule has 2 N–H and O–H groups in total. The van der Waals surface area contributed by atoms with Gasteiger partial charge in [-0.15, -0.1) is 0 Å². The molecule has 0 aromatic rings. The van der Waals surface area contributed by atoms with Gasteiger partial charge in [-0.05, 0) is 31.6 Å². The Bertz CT molecular complexity index is 249. The van der Waals surface area contributed by atoms with Crippen molar-refractivity contribution < 1.29 is 4.79 Å². The summed E-state index contributed by atoms with van der Waals surface area (Å²) in [4.78, 5) is 10.8. The molecule has 0 radical (unpaired) electrons. The molecule has 2 fully saturated rings. The lowest BCUT2D eigenvalue weighted by Crippen LogP contribution is -2.30. The molecule has 0 heterocycles. The first kappa shape index (κ1) is 8.53. The summed E-state index contributed by atoms with van der Waals surface area (Å²) in [7, 11) is 1.59. The summed E-state index contributed by atoms with van der Waals surface area (Å²) in [6, 6.07) is -0.227. The van der Waals surface area contributed by atoms with Crippen LogP contribution >= 0.6 is 0 Å². The number of hydrogen-bond donors (Lipinski definition) is 2. The van der Waals surface area contributed by atoms with E-state index in [0.29, 0.717) is 5.92 Å². The van der Waals surface area contributed by atoms with E-state index in [9.17, 15) is 4.79 Å². The van der Waals surface area contributed by atoms with Gasteiger partial charge in [0.15, 0.2) is 0 Å². The molecule has 2 atom stereocenters. The maximum Gasteiger partial charge on any atom is 0.334 e. The van der Waals surface area contributed by atoms with E-state index >= 15 is 0 Å². The molecule has 0 unspecified atom stereocenters. The van der Waals surface area contributed by atoms with Crippen molar-refractivity contribution in [3.05, 3.63) is 0 Å². The van der Waals surface area contributed by atoms with Crippen LogP contribution in [-0.2, 0) is 0 Å². The Morgan fingerprint density at radius 3 is 3.23 bits per heavy atom. The first-order valence-corrected chi connectivity index (χ1v) is 4.85. The third kappa shape index (κ3) is 1.82. The van der Waals surface area contributed by atoms with Crippen LogP contribution < -0.4 is 10.7 Å². The highest BCUT2D eigenvalue weighted by molar-refractivity contribution is 5.91. The topological polar surface area (TPSA) is 53.5 Å². The molecular formula is C9H15N3O. The van der Waals surface area contributed by atoms with E-state index in [1.165, 1.54) is 25.0 Å². The average molecular weight is 181 g/mol. The molecule has 0 spiro atoms. The summed E-state index contributed by atoms with van der Waals surface area (Å²) in [5.74, 6) is 1.56. The fourth-order valence-corrected chi connectivity index (χ4v) is 2.02. The van der Waals surface area contributed by atoms with Crippen LogP contribution in [0.25, 0.3) is 0 Å². The molecule has 2 aliphatic rings. The molecule has 4 heteroatoms. The zero-order valence-corrected chi connectivity index (χ0v) is 7.84. The minimum atomic E-state index is -0.227. The quantitative estimate of drug-likeness (QED) is 0.584. The van der Waals surface area contributed by atoms with E-state index in [0.717, 1.165) is 12.3 Å². The summed E-state index contributed by atoms with van der Waals surface area (Å²) in [6.45, 7) is 0. The smallest absolute Gasteiger partial charge is 0.334 e. The largest absolute Gasteiger partial charge is 0.340 e. The lowest BCUT2D eigenvalue weighted by atomic mass is 9.99. The fourth-order valence-electron chi connectivity index (χ4n) is 2.02. The van der Waals surface area contributed by atoms with Crippen LogP contribution in [0.4, 0.5) is 4.79 Å². The Kier molecular flexibility index (Phi) is 2.20. The Balaban J connectivity index is 1.88. The first-order valence-electron chi connectivity index (χ1n) is 4.85. The number of urea groups is 1. The average Bonchev–Trinajstić information content (AvgIpc) is 2.92. The molecule has 0 bridgehead atoms. The van der Waals surface area contributed by atoms with Gasteiger partial charge in [0.25, 0.3) is 0 Å². The molecule has 2 rings (SSSR count). The summed E-state index contributed by atoms with van der Waals surface area (Å²) in [6.07, 6.45) is 4.93. The summed E-state index contributed by atoms with van der Waals surface area (Å²) < 4.78 is 0. The van der Waals surface area contributed by atoms with E-state index in [4.69, 9.17) is 0 Å². The summed E-state index contributed by atoms with van der Waals surface area (Å²) >= 11 is 0. The maximum atomic E-state index is 10.8. The normalized spacial score (nSPS) is 33.8. The van der Waals surface area contributed by atoms with Gasteiger partial charge >= 0.3 is 6.03 Å². The van der Waals surface area contributed by atoms with Gasteiger partial charge in [-0.2, -0.15) is 5.10 Å². The third-order valence-electron chi connectivity index (χ3n) is 2.89. The zero-order valence-electron chi connectivity index (χ0n) is 7.84. The van der Waals surface area contributed by atoms with Gasteiger partial charge in [0, 0.05) is 18.7 Å². The standard InChI is InChI=1S/C9H15N3O/c1-10-9(13)12-11-8-4-2-3-6-5-7(6)8/h6-7H,2-5H2,1H3,(H2,10,12,13)/b11-8-/t6-,7+/m0/s1. The number of hydrazone groups is 1. The Labute approximate surface area is 77.8 Å². The highest BCUT2D eigenvalue weighted by atomic mass is 16.2. The molecule has 2 amide bonds. The summed E-state index contributed by atoms with van der Waals surface area (Å²) in [5, 5.41) is 6.61. The van der Waals surface area contributed by atoms with Gasteiger partial charge in [0.05, 0.1) is 0 Å². The second-order valence-corrected chi connectivity index (χ2v) is 3.79. The molecule has 0 saturated heterocycles. The number of amides is 2. The van der Waals surface area contributed by atoms with Crippen molar-refractivity contribution >= 4 is 11.7 Å². The predicted molar refractivity (Wildman–Crippen MR) is 50.5 cm³/mol. The molecule has 13 heavy (non-hydrogen) atoms. The minimum absolute atomic E-state index is 0.227. The number of nitrogens with one attached hydrogen (secondary N) is 2. The lowest BCUT2D eigenvalue weighted by molar-refractivity contribution is 0.243. The first-order chi connectivity index (χ1) is 6.31. The van der Waals surface area contributed by atoms with Crippen molar-refractivity contribution in [3.63, 3.8) is 0 Å². The van der Waals surface area contributed by atoms with Crippen LogP contribution in [0.3, 0.4) is 0 Å². The van der Waals surface area contributed by atoms with Crippen molar-refractivity contribution in [3.8, 4) is 0 Å². The monoisotopic (exact) mass is 181 g/mol. The number of hydrogen-bond acceptors (Lipinski definition) is 2. The van der Waals surface area contributed by atoms with Crippen LogP contribution in [0.5, 0.6) is 0 Å². The van der Waals surface area contributed by atoms with Gasteiger partial charge in [-0.1, -0.05) is 0 Å². The Morgan fingerprint density at radius 1 is 1.62 bits per heavy atom. The lowest BCUT2D eigenvalue weighted by Gasteiger charge is -2.11. The van der Waals surface area contributed by atoms with E-state index in [2.05, 4.69) is 15.8 Å². The van der Waals surface area contributed by atoms with Gasteiger partial charge in [0.2, 0.25) is 0 Å². The van der Waals surface area contributed by atoms with E-state index in [1.807, 2.05) is 0 Å². The highest BCUT2D eigenvalue weighted by Crippen LogP contribution is 2.47. The minimum Gasteiger partial charge on any atom is -0.340 e. The highest BCUT2D eigenvalue weighted by Gasteiger charge is 2.43. The van der Waals surface area contributed by atoms with Crippen molar-refractivity contribution in [1.29, 1.82) is 0 Å². The van der Waals surface area contributed by atoms with Crippen molar-refractivity contribution in [1.82, 2.24) is 10.7 Å².